The number of benzene rings is 1. The summed E-state index contributed by atoms with van der Waals surface area (Å²) in [4.78, 5) is 4.17. The van der Waals surface area contributed by atoms with Crippen molar-refractivity contribution < 1.29 is 17.0 Å². The summed E-state index contributed by atoms with van der Waals surface area (Å²) in [7, 11) is -4.42. The SMILES string of the molecule is CS(=O)(=O)CCS(=O)Cc1nc2cc(N)ccc2o1. The fourth-order valence-electron chi connectivity index (χ4n) is 1.51. The predicted molar refractivity (Wildman–Crippen MR) is 74.8 cm³/mol. The zero-order valence-electron chi connectivity index (χ0n) is 10.3. The van der Waals surface area contributed by atoms with Gasteiger partial charge in [0.25, 0.3) is 0 Å². The van der Waals surface area contributed by atoms with Crippen molar-refractivity contribution >= 4 is 37.4 Å². The van der Waals surface area contributed by atoms with Crippen LogP contribution in [0.5, 0.6) is 0 Å². The molecule has 0 aliphatic carbocycles. The zero-order valence-corrected chi connectivity index (χ0v) is 12.0. The largest absolute Gasteiger partial charge is 0.440 e. The van der Waals surface area contributed by atoms with Crippen molar-refractivity contribution in [1.82, 2.24) is 4.98 Å². The topological polar surface area (TPSA) is 103 Å². The Morgan fingerprint density at radius 2 is 2.16 bits per heavy atom. The van der Waals surface area contributed by atoms with Gasteiger partial charge in [0, 0.05) is 28.5 Å². The van der Waals surface area contributed by atoms with Gasteiger partial charge in [-0.05, 0) is 18.2 Å². The molecule has 1 aromatic heterocycles. The van der Waals surface area contributed by atoms with Gasteiger partial charge in [-0.1, -0.05) is 0 Å². The molecule has 0 radical (unpaired) electrons. The summed E-state index contributed by atoms with van der Waals surface area (Å²) in [5.74, 6) is 0.406. The summed E-state index contributed by atoms with van der Waals surface area (Å²) in [6.07, 6.45) is 1.12. The zero-order chi connectivity index (χ0) is 14.0. The highest BCUT2D eigenvalue weighted by Crippen LogP contribution is 2.19. The lowest BCUT2D eigenvalue weighted by atomic mass is 10.3. The van der Waals surface area contributed by atoms with E-state index in [0.29, 0.717) is 22.7 Å². The molecule has 2 aromatic rings. The standard InChI is InChI=1S/C11H14N2O4S2/c1-19(15,16)5-4-18(14)7-11-13-9-6-8(12)2-3-10(9)17-11/h2-3,6H,4-5,7,12H2,1H3. The minimum absolute atomic E-state index is 0.0830. The molecule has 8 heteroatoms. The third-order valence-corrected chi connectivity index (χ3v) is 4.85. The number of oxazole rings is 1. The lowest BCUT2D eigenvalue weighted by Gasteiger charge is -1.97. The highest BCUT2D eigenvalue weighted by atomic mass is 32.2. The molecule has 0 saturated carbocycles. The Kier molecular flexibility index (Phi) is 3.91. The van der Waals surface area contributed by atoms with Gasteiger partial charge in [0.15, 0.2) is 5.58 Å². The summed E-state index contributed by atoms with van der Waals surface area (Å²) in [6, 6.07) is 5.06. The molecule has 0 bridgehead atoms. The van der Waals surface area contributed by atoms with E-state index in [0.717, 1.165) is 6.26 Å². The van der Waals surface area contributed by atoms with Gasteiger partial charge in [-0.15, -0.1) is 0 Å². The van der Waals surface area contributed by atoms with Crippen molar-refractivity contribution in [3.8, 4) is 0 Å². The van der Waals surface area contributed by atoms with Crippen molar-refractivity contribution in [2.75, 3.05) is 23.5 Å². The first kappa shape index (κ1) is 14.0. The third kappa shape index (κ3) is 4.03. The van der Waals surface area contributed by atoms with E-state index < -0.39 is 20.6 Å². The number of rotatable bonds is 5. The molecule has 0 aliphatic heterocycles. The molecule has 0 fully saturated rings. The number of nitrogen functional groups attached to an aromatic ring is 1. The Morgan fingerprint density at radius 1 is 1.42 bits per heavy atom. The van der Waals surface area contributed by atoms with Crippen LogP contribution in [0.3, 0.4) is 0 Å². The number of hydrogen-bond acceptors (Lipinski definition) is 6. The van der Waals surface area contributed by atoms with Crippen LogP contribution >= 0.6 is 0 Å². The van der Waals surface area contributed by atoms with Gasteiger partial charge in [-0.3, -0.25) is 4.21 Å². The van der Waals surface area contributed by atoms with E-state index in [2.05, 4.69) is 4.98 Å². The molecular weight excluding hydrogens is 288 g/mol. The summed E-state index contributed by atoms with van der Waals surface area (Å²) in [5.41, 5.74) is 7.38. The van der Waals surface area contributed by atoms with Gasteiger partial charge in [0.05, 0.1) is 5.75 Å². The molecule has 0 aliphatic rings. The number of aromatic nitrogens is 1. The van der Waals surface area contributed by atoms with Crippen molar-refractivity contribution in [2.24, 2.45) is 0 Å². The summed E-state index contributed by atoms with van der Waals surface area (Å²) >= 11 is 0. The van der Waals surface area contributed by atoms with Crippen molar-refractivity contribution in [3.05, 3.63) is 24.1 Å². The highest BCUT2D eigenvalue weighted by molar-refractivity contribution is 7.92. The second-order valence-electron chi connectivity index (χ2n) is 4.25. The molecule has 0 saturated heterocycles. The highest BCUT2D eigenvalue weighted by Gasteiger charge is 2.12. The molecule has 1 aromatic carbocycles. The molecule has 2 rings (SSSR count). The molecular formula is C11H14N2O4S2. The molecule has 104 valence electrons. The van der Waals surface area contributed by atoms with Gasteiger partial charge < -0.3 is 10.2 Å². The molecule has 19 heavy (non-hydrogen) atoms. The van der Waals surface area contributed by atoms with E-state index in [1.165, 1.54) is 0 Å². The van der Waals surface area contributed by atoms with Crippen LogP contribution in [0, 0.1) is 0 Å². The third-order valence-electron chi connectivity index (χ3n) is 2.42. The molecule has 1 unspecified atom stereocenters. The number of hydrogen-bond donors (Lipinski definition) is 1. The maximum absolute atomic E-state index is 11.7. The first-order chi connectivity index (χ1) is 8.83. The quantitative estimate of drug-likeness (QED) is 0.816. The van der Waals surface area contributed by atoms with Crippen molar-refractivity contribution in [2.45, 2.75) is 5.75 Å². The van der Waals surface area contributed by atoms with E-state index in [1.54, 1.807) is 18.2 Å². The fourth-order valence-corrected chi connectivity index (χ4v) is 4.01. The van der Waals surface area contributed by atoms with Crippen LogP contribution in [0.25, 0.3) is 11.1 Å². The molecule has 6 nitrogen and oxygen atoms in total. The summed E-state index contributed by atoms with van der Waals surface area (Å²) in [5, 5.41) is 0. The second kappa shape index (κ2) is 5.30. The predicted octanol–water partition coefficient (Wildman–Crippen LogP) is 0.703. The van der Waals surface area contributed by atoms with Crippen LogP contribution in [0.15, 0.2) is 22.6 Å². The van der Waals surface area contributed by atoms with Crippen LogP contribution in [0.2, 0.25) is 0 Å². The Balaban J connectivity index is 2.07. The Morgan fingerprint density at radius 3 is 2.84 bits per heavy atom. The number of anilines is 1. The second-order valence-corrected chi connectivity index (χ2v) is 8.09. The van der Waals surface area contributed by atoms with E-state index in [-0.39, 0.29) is 17.3 Å². The monoisotopic (exact) mass is 302 g/mol. The van der Waals surface area contributed by atoms with Crippen LogP contribution in [0.4, 0.5) is 5.69 Å². The number of sulfone groups is 1. The molecule has 0 amide bonds. The van der Waals surface area contributed by atoms with Gasteiger partial charge in [0.1, 0.15) is 21.1 Å². The summed E-state index contributed by atoms with van der Waals surface area (Å²) < 4.78 is 39.1. The minimum atomic E-state index is -3.10. The van der Waals surface area contributed by atoms with Crippen molar-refractivity contribution in [3.63, 3.8) is 0 Å². The van der Waals surface area contributed by atoms with E-state index >= 15 is 0 Å². The molecule has 2 N–H and O–H groups in total. The summed E-state index contributed by atoms with van der Waals surface area (Å²) in [6.45, 7) is 0. The smallest absolute Gasteiger partial charge is 0.208 e. The number of nitrogens with two attached hydrogens (primary N) is 1. The molecule has 0 spiro atoms. The lowest BCUT2D eigenvalue weighted by molar-refractivity contribution is 0.552. The normalized spacial score (nSPS) is 13.7. The van der Waals surface area contributed by atoms with Gasteiger partial charge in [-0.2, -0.15) is 0 Å². The number of fused-ring (bicyclic) bond motifs is 1. The average Bonchev–Trinajstić information content (AvgIpc) is 2.66. The van der Waals surface area contributed by atoms with Gasteiger partial charge in [-0.25, -0.2) is 13.4 Å². The fraction of sp³-hybridized carbons (Fsp3) is 0.364. The van der Waals surface area contributed by atoms with E-state index in [9.17, 15) is 12.6 Å². The molecule has 1 heterocycles. The van der Waals surface area contributed by atoms with Crippen LogP contribution in [0.1, 0.15) is 5.89 Å². The first-order valence-electron chi connectivity index (χ1n) is 5.51. The number of nitrogens with zero attached hydrogens (tertiary/aromatic N) is 1. The maximum Gasteiger partial charge on any atom is 0.208 e. The van der Waals surface area contributed by atoms with Crippen LogP contribution in [-0.4, -0.2) is 35.4 Å². The molecule has 1 atom stereocenters. The first-order valence-corrected chi connectivity index (χ1v) is 9.06. The van der Waals surface area contributed by atoms with Crippen LogP contribution < -0.4 is 5.73 Å². The van der Waals surface area contributed by atoms with Crippen LogP contribution in [-0.2, 0) is 26.4 Å². The van der Waals surface area contributed by atoms with Gasteiger partial charge in [0.2, 0.25) is 5.89 Å². The maximum atomic E-state index is 11.7. The minimum Gasteiger partial charge on any atom is -0.440 e. The average molecular weight is 302 g/mol. The Labute approximate surface area is 113 Å². The van der Waals surface area contributed by atoms with E-state index in [4.69, 9.17) is 10.2 Å². The lowest BCUT2D eigenvalue weighted by Crippen LogP contribution is -2.12. The Bertz CT molecular complexity index is 721. The van der Waals surface area contributed by atoms with E-state index in [1.807, 2.05) is 0 Å². The van der Waals surface area contributed by atoms with Gasteiger partial charge >= 0.3 is 0 Å². The Hall–Kier alpha value is -1.41. The van der Waals surface area contributed by atoms with Crippen molar-refractivity contribution in [1.29, 1.82) is 0 Å².